The summed E-state index contributed by atoms with van der Waals surface area (Å²) in [5.74, 6) is 0.486. The molecule has 0 aromatic carbocycles. The second kappa shape index (κ2) is 11.1. The second-order valence-electron chi connectivity index (χ2n) is 6.33. The van der Waals surface area contributed by atoms with Crippen LogP contribution in [0, 0.1) is 11.8 Å². The van der Waals surface area contributed by atoms with Gasteiger partial charge >= 0.3 is 12.1 Å². The first-order chi connectivity index (χ1) is 10.3. The van der Waals surface area contributed by atoms with Crippen molar-refractivity contribution in [2.75, 3.05) is 20.3 Å². The smallest absolute Gasteiger partial charge is 0.410 e. The largest absolute Gasteiger partial charge is 0.464 e. The van der Waals surface area contributed by atoms with Gasteiger partial charge in [-0.25, -0.2) is 9.59 Å². The number of amides is 1. The Morgan fingerprint density at radius 1 is 1.14 bits per heavy atom. The van der Waals surface area contributed by atoms with Crippen LogP contribution in [-0.2, 0) is 14.3 Å². The molecule has 0 aromatic heterocycles. The minimum Gasteiger partial charge on any atom is -0.464 e. The van der Waals surface area contributed by atoms with Crippen LogP contribution >= 0.6 is 0 Å². The fraction of sp³-hybridized carbons (Fsp3) is 0.765. The predicted octanol–water partition coefficient (Wildman–Crippen LogP) is 3.63. The van der Waals surface area contributed by atoms with Gasteiger partial charge in [-0.05, 0) is 31.1 Å². The van der Waals surface area contributed by atoms with Crippen LogP contribution in [0.1, 0.15) is 47.0 Å². The summed E-state index contributed by atoms with van der Waals surface area (Å²) in [6, 6.07) is -0.614. The first-order valence-electron chi connectivity index (χ1n) is 7.96. The van der Waals surface area contributed by atoms with Crippen LogP contribution in [0.25, 0.3) is 0 Å². The zero-order valence-electron chi connectivity index (χ0n) is 14.6. The van der Waals surface area contributed by atoms with Gasteiger partial charge in [0.05, 0.1) is 6.61 Å². The van der Waals surface area contributed by atoms with Crippen LogP contribution in [0.5, 0.6) is 0 Å². The predicted molar refractivity (Wildman–Crippen MR) is 87.6 cm³/mol. The number of rotatable bonds is 10. The van der Waals surface area contributed by atoms with Crippen molar-refractivity contribution >= 4 is 12.1 Å². The van der Waals surface area contributed by atoms with Gasteiger partial charge in [-0.3, -0.25) is 4.90 Å². The lowest BCUT2D eigenvalue weighted by molar-refractivity contribution is -0.149. The molecule has 0 radical (unpaired) electrons. The maximum absolute atomic E-state index is 12.3. The molecular weight excluding hydrogens is 282 g/mol. The normalized spacial score (nSPS) is 12.1. The van der Waals surface area contributed by atoms with Gasteiger partial charge in [-0.2, -0.15) is 0 Å². The van der Waals surface area contributed by atoms with Gasteiger partial charge in [0.25, 0.3) is 0 Å². The molecule has 0 aliphatic heterocycles. The molecule has 0 saturated heterocycles. The fourth-order valence-corrected chi connectivity index (χ4v) is 1.98. The second-order valence-corrected chi connectivity index (χ2v) is 6.33. The van der Waals surface area contributed by atoms with E-state index in [1.54, 1.807) is 7.05 Å². The summed E-state index contributed by atoms with van der Waals surface area (Å²) < 4.78 is 10.3. The topological polar surface area (TPSA) is 55.8 Å². The van der Waals surface area contributed by atoms with Crippen LogP contribution in [0.2, 0.25) is 0 Å². The Labute approximate surface area is 134 Å². The molecular formula is C17H31NO4. The molecule has 0 aliphatic carbocycles. The van der Waals surface area contributed by atoms with E-state index >= 15 is 0 Å². The van der Waals surface area contributed by atoms with Crippen molar-refractivity contribution in [3.63, 3.8) is 0 Å². The van der Waals surface area contributed by atoms with Crippen LogP contribution < -0.4 is 0 Å². The Kier molecular flexibility index (Phi) is 10.3. The van der Waals surface area contributed by atoms with E-state index in [4.69, 9.17) is 9.47 Å². The van der Waals surface area contributed by atoms with Gasteiger partial charge in [0, 0.05) is 7.05 Å². The Bertz CT molecular complexity index is 353. The summed E-state index contributed by atoms with van der Waals surface area (Å²) in [5, 5.41) is 0. The van der Waals surface area contributed by atoms with Crippen molar-refractivity contribution in [2.45, 2.75) is 53.0 Å². The average Bonchev–Trinajstić information content (AvgIpc) is 2.45. The number of hydrogen-bond acceptors (Lipinski definition) is 4. The maximum Gasteiger partial charge on any atom is 0.410 e. The summed E-state index contributed by atoms with van der Waals surface area (Å²) in [5.41, 5.74) is 0. The SMILES string of the molecule is C=CCOC(=O)N(C)C(CC(C)C)C(=O)OCCCC(C)C. The van der Waals surface area contributed by atoms with Crippen molar-refractivity contribution in [3.8, 4) is 0 Å². The number of carbonyl (C=O) groups is 2. The molecule has 0 spiro atoms. The molecule has 1 atom stereocenters. The quantitative estimate of drug-likeness (QED) is 0.351. The van der Waals surface area contributed by atoms with E-state index in [1.165, 1.54) is 11.0 Å². The average molecular weight is 313 g/mol. The van der Waals surface area contributed by atoms with Gasteiger partial charge < -0.3 is 9.47 Å². The lowest BCUT2D eigenvalue weighted by Crippen LogP contribution is -2.44. The van der Waals surface area contributed by atoms with E-state index in [-0.39, 0.29) is 18.5 Å². The molecule has 0 saturated carbocycles. The van der Waals surface area contributed by atoms with E-state index in [2.05, 4.69) is 20.4 Å². The van der Waals surface area contributed by atoms with E-state index in [0.29, 0.717) is 18.9 Å². The molecule has 22 heavy (non-hydrogen) atoms. The molecule has 0 bridgehead atoms. The highest BCUT2D eigenvalue weighted by atomic mass is 16.6. The molecule has 1 unspecified atom stereocenters. The third-order valence-corrected chi connectivity index (χ3v) is 3.22. The van der Waals surface area contributed by atoms with Crippen LogP contribution in [0.3, 0.4) is 0 Å². The van der Waals surface area contributed by atoms with Crippen molar-refractivity contribution in [1.82, 2.24) is 4.90 Å². The van der Waals surface area contributed by atoms with Gasteiger partial charge in [0.2, 0.25) is 0 Å². The van der Waals surface area contributed by atoms with Crippen LogP contribution in [-0.4, -0.2) is 43.3 Å². The van der Waals surface area contributed by atoms with Crippen LogP contribution in [0.15, 0.2) is 12.7 Å². The molecule has 0 aliphatic rings. The van der Waals surface area contributed by atoms with Crippen molar-refractivity contribution in [1.29, 1.82) is 0 Å². The summed E-state index contributed by atoms with van der Waals surface area (Å²) in [7, 11) is 1.56. The molecule has 1 amide bonds. The third kappa shape index (κ3) is 8.70. The van der Waals surface area contributed by atoms with E-state index < -0.39 is 12.1 Å². The molecule has 0 heterocycles. The van der Waals surface area contributed by atoms with Gasteiger partial charge in [0.15, 0.2) is 0 Å². The van der Waals surface area contributed by atoms with Crippen molar-refractivity contribution in [3.05, 3.63) is 12.7 Å². The summed E-state index contributed by atoms with van der Waals surface area (Å²) in [6.07, 6.45) is 3.35. The van der Waals surface area contributed by atoms with E-state index in [9.17, 15) is 9.59 Å². The Morgan fingerprint density at radius 3 is 2.27 bits per heavy atom. The summed E-state index contributed by atoms with van der Waals surface area (Å²) in [6.45, 7) is 12.3. The molecule has 0 fully saturated rings. The van der Waals surface area contributed by atoms with E-state index in [1.807, 2.05) is 13.8 Å². The van der Waals surface area contributed by atoms with Crippen molar-refractivity contribution < 1.29 is 19.1 Å². The monoisotopic (exact) mass is 313 g/mol. The highest BCUT2D eigenvalue weighted by Crippen LogP contribution is 2.14. The van der Waals surface area contributed by atoms with Gasteiger partial charge in [-0.1, -0.05) is 40.3 Å². The lowest BCUT2D eigenvalue weighted by Gasteiger charge is -2.27. The highest BCUT2D eigenvalue weighted by Gasteiger charge is 2.29. The third-order valence-electron chi connectivity index (χ3n) is 3.22. The summed E-state index contributed by atoms with van der Waals surface area (Å²) in [4.78, 5) is 25.5. The molecule has 128 valence electrons. The van der Waals surface area contributed by atoms with E-state index in [0.717, 1.165) is 12.8 Å². The molecule has 5 nitrogen and oxygen atoms in total. The Morgan fingerprint density at radius 2 is 1.77 bits per heavy atom. The number of ether oxygens (including phenoxy) is 2. The van der Waals surface area contributed by atoms with Crippen LogP contribution in [0.4, 0.5) is 4.79 Å². The lowest BCUT2D eigenvalue weighted by atomic mass is 10.0. The first kappa shape index (κ1) is 20.5. The van der Waals surface area contributed by atoms with Gasteiger partial charge in [0.1, 0.15) is 12.6 Å². The standard InChI is InChI=1S/C17H31NO4/c1-7-10-22-17(20)18(6)15(12-14(4)5)16(19)21-11-8-9-13(2)3/h7,13-15H,1,8-12H2,2-6H3. The number of likely N-dealkylation sites (N-methyl/N-ethyl adjacent to an activating group) is 1. The van der Waals surface area contributed by atoms with Gasteiger partial charge in [-0.15, -0.1) is 0 Å². The highest BCUT2D eigenvalue weighted by molar-refractivity contribution is 5.81. The molecule has 0 N–H and O–H groups in total. The number of nitrogens with zero attached hydrogens (tertiary/aromatic N) is 1. The summed E-state index contributed by atoms with van der Waals surface area (Å²) >= 11 is 0. The Balaban J connectivity index is 4.56. The zero-order valence-corrected chi connectivity index (χ0v) is 14.6. The minimum absolute atomic E-state index is 0.126. The molecule has 0 aromatic rings. The fourth-order valence-electron chi connectivity index (χ4n) is 1.98. The number of hydrogen-bond donors (Lipinski definition) is 0. The maximum atomic E-state index is 12.3. The molecule has 5 heteroatoms. The Hall–Kier alpha value is -1.52. The minimum atomic E-state index is -0.614. The molecule has 0 rings (SSSR count). The van der Waals surface area contributed by atoms with Crippen molar-refractivity contribution in [2.24, 2.45) is 11.8 Å². The first-order valence-corrected chi connectivity index (χ1v) is 7.96. The number of esters is 1. The number of carbonyl (C=O) groups excluding carboxylic acids is 2. The zero-order chi connectivity index (χ0) is 17.1.